The summed E-state index contributed by atoms with van der Waals surface area (Å²) < 4.78 is 0.245. The zero-order chi connectivity index (χ0) is 13.1. The van der Waals surface area contributed by atoms with Gasteiger partial charge < -0.3 is 0 Å². The summed E-state index contributed by atoms with van der Waals surface area (Å²) in [7, 11) is 0. The molecule has 6 aliphatic carbocycles. The third-order valence-corrected chi connectivity index (χ3v) is 8.66. The Morgan fingerprint density at radius 3 is 2.26 bits per heavy atom. The van der Waals surface area contributed by atoms with Gasteiger partial charge in [-0.1, -0.05) is 56.1 Å². The minimum Gasteiger partial charge on any atom is -0.0718 e. The smallest absolute Gasteiger partial charge is 0.0718 e. The summed E-state index contributed by atoms with van der Waals surface area (Å²) in [5, 5.41) is 0. The molecule has 2 heteroatoms. The summed E-state index contributed by atoms with van der Waals surface area (Å²) in [4.78, 5) is 0. The first kappa shape index (κ1) is 12.9. The van der Waals surface area contributed by atoms with E-state index in [2.05, 4.69) is 56.1 Å². The number of hydrogen-bond donors (Lipinski definition) is 0. The van der Waals surface area contributed by atoms with E-state index in [1.54, 1.807) is 0 Å². The maximum atomic E-state index is 4.00. The van der Waals surface area contributed by atoms with Crippen molar-refractivity contribution in [3.8, 4) is 0 Å². The predicted octanol–water partition coefficient (Wildman–Crippen LogP) is 5.47. The molecule has 6 aliphatic rings. The molecule has 3 atom stereocenters. The van der Waals surface area contributed by atoms with Crippen molar-refractivity contribution in [1.29, 1.82) is 0 Å². The largest absolute Gasteiger partial charge is 0.0899 e. The van der Waals surface area contributed by atoms with Gasteiger partial charge in [0.05, 0.1) is 3.23 Å². The van der Waals surface area contributed by atoms with Gasteiger partial charge in [0.25, 0.3) is 0 Å². The normalized spacial score (nSPS) is 39.3. The van der Waals surface area contributed by atoms with Crippen LogP contribution < -0.4 is 0 Å². The van der Waals surface area contributed by atoms with Gasteiger partial charge >= 0.3 is 0 Å². The third kappa shape index (κ3) is 1.89. The number of aryl methyl sites for hydroxylation is 2. The van der Waals surface area contributed by atoms with Gasteiger partial charge in [0.2, 0.25) is 0 Å². The number of rotatable bonds is 0. The Morgan fingerprint density at radius 2 is 1.58 bits per heavy atom. The first-order chi connectivity index (χ1) is 9.12. The maximum Gasteiger partial charge on any atom is 0.0899 e. The second kappa shape index (κ2) is 4.34. The molecule has 1 spiro atoms. The molecule has 0 aliphatic heterocycles. The molecule has 19 heavy (non-hydrogen) atoms. The minimum atomic E-state index is 0.245. The van der Waals surface area contributed by atoms with E-state index < -0.39 is 0 Å². The lowest BCUT2D eigenvalue weighted by Gasteiger charge is -2.28. The highest BCUT2D eigenvalue weighted by molar-refractivity contribution is 9.25. The average Bonchev–Trinajstić information content (AvgIpc) is 2.89. The molecule has 7 rings (SSSR count). The average molecular weight is 384 g/mol. The summed E-state index contributed by atoms with van der Waals surface area (Å²) in [5.74, 6) is 1.80. The first-order valence-electron chi connectivity index (χ1n) is 7.57. The third-order valence-electron chi connectivity index (χ3n) is 5.98. The van der Waals surface area contributed by atoms with Crippen molar-refractivity contribution >= 4 is 31.9 Å². The predicted molar refractivity (Wildman–Crippen MR) is 86.9 cm³/mol. The topological polar surface area (TPSA) is 0 Å². The van der Waals surface area contributed by atoms with Crippen LogP contribution in [-0.4, -0.2) is 3.23 Å². The van der Waals surface area contributed by atoms with Gasteiger partial charge in [-0.2, -0.15) is 0 Å². The zero-order valence-electron chi connectivity index (χ0n) is 11.2. The quantitative estimate of drug-likeness (QED) is 0.521. The summed E-state index contributed by atoms with van der Waals surface area (Å²) in [6.45, 7) is 0. The van der Waals surface area contributed by atoms with Crippen molar-refractivity contribution in [2.24, 2.45) is 17.3 Å². The van der Waals surface area contributed by atoms with Crippen LogP contribution in [0.4, 0.5) is 0 Å². The fourth-order valence-electron chi connectivity index (χ4n) is 4.56. The second-order valence-corrected chi connectivity index (χ2v) is 10.4. The van der Waals surface area contributed by atoms with Gasteiger partial charge in [-0.05, 0) is 67.9 Å². The van der Waals surface area contributed by atoms with Gasteiger partial charge in [0.15, 0.2) is 0 Å². The van der Waals surface area contributed by atoms with Crippen molar-refractivity contribution in [3.05, 3.63) is 35.4 Å². The molecule has 0 N–H and O–H groups in total. The molecule has 0 aromatic heterocycles. The molecule has 0 saturated heterocycles. The van der Waals surface area contributed by atoms with Crippen LogP contribution in [0.1, 0.15) is 43.2 Å². The summed E-state index contributed by atoms with van der Waals surface area (Å²) in [5.41, 5.74) is 3.57. The van der Waals surface area contributed by atoms with Crippen molar-refractivity contribution < 1.29 is 0 Å². The molecule has 2 saturated carbocycles. The molecular weight excluding hydrogens is 364 g/mol. The van der Waals surface area contributed by atoms with Crippen LogP contribution in [0.5, 0.6) is 0 Å². The Morgan fingerprint density at radius 1 is 0.895 bits per heavy atom. The number of benzene rings is 1. The number of halogens is 2. The van der Waals surface area contributed by atoms with Crippen LogP contribution in [0.15, 0.2) is 24.3 Å². The van der Waals surface area contributed by atoms with Gasteiger partial charge in [-0.25, -0.2) is 0 Å². The lowest BCUT2D eigenvalue weighted by molar-refractivity contribution is 0.240. The van der Waals surface area contributed by atoms with E-state index >= 15 is 0 Å². The zero-order valence-corrected chi connectivity index (χ0v) is 14.3. The SMILES string of the molecule is BrC1(Br)C2CC3CCc4ccc(cc4)CCC21CC3. The summed E-state index contributed by atoms with van der Waals surface area (Å²) in [6, 6.07) is 9.40. The first-order valence-corrected chi connectivity index (χ1v) is 9.16. The fraction of sp³-hybridized carbons (Fsp3) is 0.647. The Bertz CT molecular complexity index is 490. The van der Waals surface area contributed by atoms with Crippen molar-refractivity contribution in [2.45, 2.75) is 48.2 Å². The molecule has 1 aromatic carbocycles. The standard InChI is InChI=1S/C17H20Br2/c18-17(19)15-11-14-6-5-12-1-3-13(4-2-12)7-9-16(15,17)10-8-14/h1-4,14-15H,5-11H2. The van der Waals surface area contributed by atoms with Crippen LogP contribution in [0.25, 0.3) is 0 Å². The summed E-state index contributed by atoms with van der Waals surface area (Å²) in [6.07, 6.45) is 9.48. The molecule has 2 fully saturated rings. The van der Waals surface area contributed by atoms with E-state index in [9.17, 15) is 0 Å². The van der Waals surface area contributed by atoms with Crippen LogP contribution >= 0.6 is 31.9 Å². The molecule has 3 unspecified atom stereocenters. The van der Waals surface area contributed by atoms with Gasteiger partial charge in [0.1, 0.15) is 0 Å². The van der Waals surface area contributed by atoms with E-state index in [1.807, 2.05) is 0 Å². The highest BCUT2D eigenvalue weighted by atomic mass is 79.9. The van der Waals surface area contributed by atoms with Crippen molar-refractivity contribution in [3.63, 3.8) is 0 Å². The van der Waals surface area contributed by atoms with Crippen molar-refractivity contribution in [1.82, 2.24) is 0 Å². The Kier molecular flexibility index (Phi) is 2.94. The Balaban J connectivity index is 1.67. The van der Waals surface area contributed by atoms with E-state index in [4.69, 9.17) is 0 Å². The van der Waals surface area contributed by atoms with E-state index in [0.29, 0.717) is 5.41 Å². The molecule has 0 radical (unpaired) electrons. The Labute approximate surface area is 132 Å². The lowest BCUT2D eigenvalue weighted by atomic mass is 9.76. The summed E-state index contributed by atoms with van der Waals surface area (Å²) >= 11 is 8.00. The van der Waals surface area contributed by atoms with Gasteiger partial charge in [0, 0.05) is 5.41 Å². The maximum absolute atomic E-state index is 4.00. The van der Waals surface area contributed by atoms with Crippen LogP contribution in [0.2, 0.25) is 0 Å². The monoisotopic (exact) mass is 382 g/mol. The van der Waals surface area contributed by atoms with Crippen LogP contribution in [0.3, 0.4) is 0 Å². The molecule has 1 aromatic rings. The molecule has 0 nitrogen and oxygen atoms in total. The van der Waals surface area contributed by atoms with Crippen molar-refractivity contribution in [2.75, 3.05) is 0 Å². The molecule has 4 bridgehead atoms. The molecule has 0 heterocycles. The van der Waals surface area contributed by atoms with E-state index in [0.717, 1.165) is 11.8 Å². The minimum absolute atomic E-state index is 0.245. The Hall–Kier alpha value is 0.180. The van der Waals surface area contributed by atoms with E-state index in [1.165, 1.54) is 56.1 Å². The van der Waals surface area contributed by atoms with Crippen LogP contribution in [-0.2, 0) is 12.8 Å². The highest BCUT2D eigenvalue weighted by Crippen LogP contribution is 2.79. The fourth-order valence-corrected chi connectivity index (χ4v) is 6.92. The van der Waals surface area contributed by atoms with Gasteiger partial charge in [-0.3, -0.25) is 0 Å². The second-order valence-electron chi connectivity index (χ2n) is 6.83. The van der Waals surface area contributed by atoms with E-state index in [-0.39, 0.29) is 3.23 Å². The van der Waals surface area contributed by atoms with Crippen LogP contribution in [0, 0.1) is 17.3 Å². The lowest BCUT2D eigenvalue weighted by Crippen LogP contribution is -2.19. The molecule has 0 amide bonds. The number of hydrogen-bond acceptors (Lipinski definition) is 0. The highest BCUT2D eigenvalue weighted by Gasteiger charge is 2.74. The number of alkyl halides is 2. The molecule has 102 valence electrons. The van der Waals surface area contributed by atoms with Gasteiger partial charge in [-0.15, -0.1) is 0 Å². The molecular formula is C17H20Br2.